The van der Waals surface area contributed by atoms with E-state index in [1.54, 1.807) is 0 Å². The third kappa shape index (κ3) is 9.85. The van der Waals surface area contributed by atoms with Crippen molar-refractivity contribution in [3.05, 3.63) is 0 Å². The van der Waals surface area contributed by atoms with Crippen molar-refractivity contribution >= 4 is 77.9 Å². The summed E-state index contributed by atoms with van der Waals surface area (Å²) >= 11 is 30.4. The largest absolute Gasteiger partial charge is 0.706 e. The van der Waals surface area contributed by atoms with Crippen LogP contribution in [-0.2, 0) is 13.6 Å². The highest BCUT2D eigenvalue weighted by Gasteiger charge is 2.43. The summed E-state index contributed by atoms with van der Waals surface area (Å²) in [5, 5.41) is 0. The topological polar surface area (TPSA) is 35.5 Å². The summed E-state index contributed by atoms with van der Waals surface area (Å²) in [6.07, 6.45) is 0. The van der Waals surface area contributed by atoms with Crippen molar-refractivity contribution in [3.63, 3.8) is 0 Å². The number of alkyl halides is 6. The summed E-state index contributed by atoms with van der Waals surface area (Å²) in [4.78, 5) is 0. The first-order valence-electron chi connectivity index (χ1n) is 2.09. The van der Waals surface area contributed by atoms with Crippen LogP contribution in [0, 0.1) is 0 Å². The van der Waals surface area contributed by atoms with Crippen molar-refractivity contribution in [1.29, 1.82) is 0 Å². The fourth-order valence-electron chi connectivity index (χ4n) is 0.188. The van der Waals surface area contributed by atoms with Gasteiger partial charge >= 0.3 is 16.2 Å². The molecular formula is C2Cl6O3P+. The van der Waals surface area contributed by atoms with Gasteiger partial charge in [0.2, 0.25) is 0 Å². The van der Waals surface area contributed by atoms with E-state index in [4.69, 9.17) is 69.6 Å². The Labute approximate surface area is 99.0 Å². The Balaban J connectivity index is 3.92. The second-order valence-electron chi connectivity index (χ2n) is 1.30. The summed E-state index contributed by atoms with van der Waals surface area (Å²) in [5.74, 6) is 0. The van der Waals surface area contributed by atoms with Gasteiger partial charge in [0.15, 0.2) is 0 Å². The standard InChI is InChI=1S/C2Cl6O3P/c3-1(4,5)10-12(9)11-2(6,7)8/q+1. The Kier molecular flexibility index (Phi) is 5.75. The average Bonchev–Trinajstić information content (AvgIpc) is 1.49. The van der Waals surface area contributed by atoms with Crippen LogP contribution < -0.4 is 0 Å². The highest BCUT2D eigenvalue weighted by Crippen LogP contribution is 2.45. The molecule has 0 saturated heterocycles. The minimum Gasteiger partial charge on any atom is -0.0615 e. The van der Waals surface area contributed by atoms with Crippen LogP contribution in [0.1, 0.15) is 0 Å². The Morgan fingerprint density at radius 1 is 0.833 bits per heavy atom. The van der Waals surface area contributed by atoms with Gasteiger partial charge in [-0.1, -0.05) is 9.05 Å². The Hall–Kier alpha value is 1.76. The summed E-state index contributed by atoms with van der Waals surface area (Å²) in [5.41, 5.74) is 0. The zero-order valence-corrected chi connectivity index (χ0v) is 10.4. The molecule has 0 aliphatic heterocycles. The van der Waals surface area contributed by atoms with Crippen LogP contribution in [0.2, 0.25) is 0 Å². The zero-order valence-electron chi connectivity index (χ0n) is 4.94. The molecule has 0 N–H and O–H groups in total. The van der Waals surface area contributed by atoms with E-state index in [1.165, 1.54) is 0 Å². The maximum absolute atomic E-state index is 10.7. The molecule has 0 aliphatic rings. The lowest BCUT2D eigenvalue weighted by Crippen LogP contribution is -2.08. The zero-order chi connectivity index (χ0) is 9.99. The van der Waals surface area contributed by atoms with E-state index in [0.29, 0.717) is 0 Å². The van der Waals surface area contributed by atoms with Crippen molar-refractivity contribution < 1.29 is 13.6 Å². The van der Waals surface area contributed by atoms with Crippen LogP contribution in [0.3, 0.4) is 0 Å². The van der Waals surface area contributed by atoms with Gasteiger partial charge in [0.05, 0.1) is 0 Å². The first-order chi connectivity index (χ1) is 5.10. The van der Waals surface area contributed by atoms with Crippen LogP contribution in [0.4, 0.5) is 0 Å². The molecule has 0 spiro atoms. The maximum atomic E-state index is 10.7. The van der Waals surface area contributed by atoms with Gasteiger partial charge in [0, 0.05) is 4.57 Å². The predicted octanol–water partition coefficient (Wildman–Crippen LogP) is 4.33. The van der Waals surface area contributed by atoms with Crippen LogP contribution in [0.15, 0.2) is 0 Å². The second-order valence-corrected chi connectivity index (χ2v) is 6.46. The quantitative estimate of drug-likeness (QED) is 0.562. The molecule has 0 saturated carbocycles. The van der Waals surface area contributed by atoms with E-state index in [2.05, 4.69) is 9.05 Å². The van der Waals surface area contributed by atoms with Crippen molar-refractivity contribution in [2.45, 2.75) is 7.96 Å². The normalized spacial score (nSPS) is 13.2. The number of hydrogen-bond donors (Lipinski definition) is 0. The molecule has 0 rings (SSSR count). The molecule has 10 heteroatoms. The first-order valence-corrected chi connectivity index (χ1v) is 5.45. The van der Waals surface area contributed by atoms with Crippen LogP contribution in [0.5, 0.6) is 0 Å². The van der Waals surface area contributed by atoms with Crippen molar-refractivity contribution in [2.24, 2.45) is 0 Å². The smallest absolute Gasteiger partial charge is 0.0615 e. The third-order valence-corrected chi connectivity index (χ3v) is 2.31. The minimum atomic E-state index is -2.80. The maximum Gasteiger partial charge on any atom is 0.706 e. The van der Waals surface area contributed by atoms with Gasteiger partial charge in [-0.05, 0) is 69.6 Å². The lowest BCUT2D eigenvalue weighted by Gasteiger charge is -2.03. The lowest BCUT2D eigenvalue weighted by molar-refractivity contribution is 0.224. The Morgan fingerprint density at radius 2 is 1.08 bits per heavy atom. The molecule has 0 amide bonds. The molecule has 0 aromatic carbocycles. The molecule has 0 bridgehead atoms. The van der Waals surface area contributed by atoms with E-state index >= 15 is 0 Å². The van der Waals surface area contributed by atoms with E-state index in [9.17, 15) is 4.57 Å². The van der Waals surface area contributed by atoms with E-state index in [1.807, 2.05) is 0 Å². The minimum absolute atomic E-state index is 2.18. The van der Waals surface area contributed by atoms with Gasteiger partial charge in [-0.2, -0.15) is 0 Å². The molecule has 0 aliphatic carbocycles. The number of hydrogen-bond acceptors (Lipinski definition) is 3. The number of halogens is 6. The van der Waals surface area contributed by atoms with Gasteiger partial charge in [0.25, 0.3) is 0 Å². The summed E-state index contributed by atoms with van der Waals surface area (Å²) in [6, 6.07) is 0. The van der Waals surface area contributed by atoms with E-state index < -0.39 is 16.2 Å². The molecule has 12 heavy (non-hydrogen) atoms. The van der Waals surface area contributed by atoms with Crippen LogP contribution in [0.25, 0.3) is 0 Å². The molecule has 3 nitrogen and oxygen atoms in total. The summed E-state index contributed by atoms with van der Waals surface area (Å²) in [7, 11) is -2.80. The van der Waals surface area contributed by atoms with Gasteiger partial charge < -0.3 is 0 Å². The Morgan fingerprint density at radius 3 is 1.25 bits per heavy atom. The van der Waals surface area contributed by atoms with E-state index in [-0.39, 0.29) is 0 Å². The monoisotopic (exact) mass is 313 g/mol. The average molecular weight is 316 g/mol. The third-order valence-electron chi connectivity index (χ3n) is 0.356. The first kappa shape index (κ1) is 13.8. The Bertz CT molecular complexity index is 153. The van der Waals surface area contributed by atoms with Gasteiger partial charge in [-0.3, -0.25) is 0 Å². The van der Waals surface area contributed by atoms with Crippen molar-refractivity contribution in [2.75, 3.05) is 0 Å². The molecule has 0 radical (unpaired) electrons. The van der Waals surface area contributed by atoms with E-state index in [0.717, 1.165) is 0 Å². The second kappa shape index (κ2) is 5.01. The fourth-order valence-corrected chi connectivity index (χ4v) is 1.58. The summed E-state index contributed by atoms with van der Waals surface area (Å²) < 4.78 is 14.6. The molecule has 0 aromatic heterocycles. The lowest BCUT2D eigenvalue weighted by atomic mass is 11.6. The fraction of sp³-hybridized carbons (Fsp3) is 1.00. The van der Waals surface area contributed by atoms with Crippen LogP contribution in [-0.4, -0.2) is 7.96 Å². The highest BCUT2D eigenvalue weighted by molar-refractivity contribution is 7.34. The van der Waals surface area contributed by atoms with Crippen LogP contribution >= 0.6 is 77.9 Å². The molecule has 72 valence electrons. The molecule has 0 heterocycles. The van der Waals surface area contributed by atoms with Gasteiger partial charge in [-0.25, -0.2) is 0 Å². The van der Waals surface area contributed by atoms with Gasteiger partial charge in [-0.15, -0.1) is 0 Å². The highest BCUT2D eigenvalue weighted by atomic mass is 35.6. The van der Waals surface area contributed by atoms with Gasteiger partial charge in [0.1, 0.15) is 0 Å². The molecule has 0 atom stereocenters. The predicted molar refractivity (Wildman–Crippen MR) is 50.4 cm³/mol. The van der Waals surface area contributed by atoms with Crippen molar-refractivity contribution in [1.82, 2.24) is 0 Å². The molecule has 0 fully saturated rings. The SMILES string of the molecule is O=[P+](OC(Cl)(Cl)Cl)OC(Cl)(Cl)Cl. The molecular weight excluding hydrogens is 316 g/mol. The molecule has 0 aromatic rings. The molecule has 0 unspecified atom stereocenters. The number of rotatable bonds is 2. The summed E-state index contributed by atoms with van der Waals surface area (Å²) in [6.45, 7) is 0. The van der Waals surface area contributed by atoms with Crippen molar-refractivity contribution in [3.8, 4) is 0 Å².